The highest BCUT2D eigenvalue weighted by Gasteiger charge is 2.24. The summed E-state index contributed by atoms with van der Waals surface area (Å²) in [6.07, 6.45) is 2.54. The Morgan fingerprint density at radius 3 is 2.25 bits per heavy atom. The van der Waals surface area contributed by atoms with E-state index < -0.39 is 0 Å². The van der Waals surface area contributed by atoms with Gasteiger partial charge < -0.3 is 16.0 Å². The fourth-order valence-electron chi connectivity index (χ4n) is 2.50. The van der Waals surface area contributed by atoms with E-state index in [0.717, 1.165) is 39.0 Å². The minimum Gasteiger partial charge on any atom is -0.355 e. The number of carbonyl (C=O) groups is 1. The monoisotopic (exact) mass is 285 g/mol. The maximum Gasteiger partial charge on any atom is 0.220 e. The first-order valence-electron chi connectivity index (χ1n) is 8.04. The molecule has 4 heteroatoms. The van der Waals surface area contributed by atoms with Crippen LogP contribution in [0.1, 0.15) is 53.9 Å². The summed E-state index contributed by atoms with van der Waals surface area (Å²) >= 11 is 0. The SMILES string of the molecule is CCN(CC)CCNC(=O)CCC(CCN)C(C)(C)C. The fourth-order valence-corrected chi connectivity index (χ4v) is 2.50. The number of hydrogen-bond donors (Lipinski definition) is 2. The molecule has 1 unspecified atom stereocenters. The van der Waals surface area contributed by atoms with Crippen LogP contribution < -0.4 is 11.1 Å². The maximum atomic E-state index is 11.9. The topological polar surface area (TPSA) is 58.4 Å². The Balaban J connectivity index is 3.96. The van der Waals surface area contributed by atoms with E-state index in [0.29, 0.717) is 18.9 Å². The number of rotatable bonds is 10. The van der Waals surface area contributed by atoms with Gasteiger partial charge in [-0.2, -0.15) is 0 Å². The largest absolute Gasteiger partial charge is 0.355 e. The van der Waals surface area contributed by atoms with Gasteiger partial charge in [0.2, 0.25) is 5.91 Å². The molecule has 0 bridgehead atoms. The quantitative estimate of drug-likeness (QED) is 0.647. The zero-order valence-electron chi connectivity index (χ0n) is 14.2. The molecule has 0 radical (unpaired) electrons. The van der Waals surface area contributed by atoms with Crippen molar-refractivity contribution in [1.82, 2.24) is 10.2 Å². The summed E-state index contributed by atoms with van der Waals surface area (Å²) in [4.78, 5) is 14.2. The molecule has 1 amide bonds. The zero-order chi connectivity index (χ0) is 15.6. The molecule has 120 valence electrons. The second-order valence-electron chi connectivity index (χ2n) is 6.56. The molecule has 0 aliphatic rings. The van der Waals surface area contributed by atoms with E-state index in [4.69, 9.17) is 5.73 Å². The average Bonchev–Trinajstić information content (AvgIpc) is 2.38. The third-order valence-electron chi connectivity index (χ3n) is 4.10. The first-order chi connectivity index (χ1) is 9.35. The van der Waals surface area contributed by atoms with Gasteiger partial charge in [0.1, 0.15) is 0 Å². The number of carbonyl (C=O) groups excluding carboxylic acids is 1. The third kappa shape index (κ3) is 8.54. The van der Waals surface area contributed by atoms with Crippen molar-refractivity contribution in [3.63, 3.8) is 0 Å². The van der Waals surface area contributed by atoms with Crippen molar-refractivity contribution >= 4 is 5.91 Å². The molecule has 3 N–H and O–H groups in total. The van der Waals surface area contributed by atoms with Gasteiger partial charge in [0.25, 0.3) is 0 Å². The molecule has 0 heterocycles. The van der Waals surface area contributed by atoms with Crippen LogP contribution in [0, 0.1) is 11.3 Å². The molecule has 20 heavy (non-hydrogen) atoms. The lowest BCUT2D eigenvalue weighted by Gasteiger charge is -2.30. The molecule has 0 saturated carbocycles. The van der Waals surface area contributed by atoms with E-state index in [9.17, 15) is 4.79 Å². The second-order valence-corrected chi connectivity index (χ2v) is 6.56. The molecule has 0 aliphatic carbocycles. The summed E-state index contributed by atoms with van der Waals surface area (Å²) in [7, 11) is 0. The second kappa shape index (κ2) is 10.2. The number of nitrogens with two attached hydrogens (primary N) is 1. The lowest BCUT2D eigenvalue weighted by molar-refractivity contribution is -0.121. The number of nitrogens with one attached hydrogen (secondary N) is 1. The predicted molar refractivity (Wildman–Crippen MR) is 86.6 cm³/mol. The van der Waals surface area contributed by atoms with Crippen LogP contribution in [0.2, 0.25) is 0 Å². The van der Waals surface area contributed by atoms with E-state index in [1.165, 1.54) is 0 Å². The minimum atomic E-state index is 0.170. The number of nitrogens with zero attached hydrogens (tertiary/aromatic N) is 1. The summed E-state index contributed by atoms with van der Waals surface area (Å²) in [5.41, 5.74) is 5.89. The predicted octanol–water partition coefficient (Wildman–Crippen LogP) is 2.24. The van der Waals surface area contributed by atoms with E-state index >= 15 is 0 Å². The van der Waals surface area contributed by atoms with Gasteiger partial charge in [0.05, 0.1) is 0 Å². The van der Waals surface area contributed by atoms with Crippen molar-refractivity contribution in [3.8, 4) is 0 Å². The standard InChI is InChI=1S/C16H35N3O/c1-6-19(7-2)13-12-18-15(20)9-8-14(10-11-17)16(3,4)5/h14H,6-13,17H2,1-5H3,(H,18,20). The number of hydrogen-bond acceptors (Lipinski definition) is 3. The Hall–Kier alpha value is -0.610. The van der Waals surface area contributed by atoms with E-state index in [1.807, 2.05) is 0 Å². The Bertz CT molecular complexity index is 257. The van der Waals surface area contributed by atoms with Gasteiger partial charge in [-0.15, -0.1) is 0 Å². The van der Waals surface area contributed by atoms with Crippen LogP contribution in [-0.4, -0.2) is 43.5 Å². The Morgan fingerprint density at radius 1 is 1.20 bits per heavy atom. The van der Waals surface area contributed by atoms with Gasteiger partial charge >= 0.3 is 0 Å². The molecule has 0 aliphatic heterocycles. The van der Waals surface area contributed by atoms with E-state index in [1.54, 1.807) is 0 Å². The molecule has 0 spiro atoms. The smallest absolute Gasteiger partial charge is 0.220 e. The van der Waals surface area contributed by atoms with E-state index in [-0.39, 0.29) is 11.3 Å². The van der Waals surface area contributed by atoms with Crippen molar-refractivity contribution in [2.45, 2.75) is 53.9 Å². The molecule has 0 aromatic heterocycles. The molecule has 0 fully saturated rings. The van der Waals surface area contributed by atoms with Gasteiger partial charge in [0, 0.05) is 19.5 Å². The van der Waals surface area contributed by atoms with Crippen LogP contribution in [0.3, 0.4) is 0 Å². The lowest BCUT2D eigenvalue weighted by Crippen LogP contribution is -2.35. The first-order valence-corrected chi connectivity index (χ1v) is 8.04. The van der Waals surface area contributed by atoms with Gasteiger partial charge in [-0.3, -0.25) is 4.79 Å². The van der Waals surface area contributed by atoms with Crippen LogP contribution in [-0.2, 0) is 4.79 Å². The minimum absolute atomic E-state index is 0.170. The average molecular weight is 285 g/mol. The highest BCUT2D eigenvalue weighted by atomic mass is 16.1. The number of amides is 1. The zero-order valence-corrected chi connectivity index (χ0v) is 14.2. The van der Waals surface area contributed by atoms with Gasteiger partial charge in [-0.1, -0.05) is 34.6 Å². The molecule has 1 atom stereocenters. The van der Waals surface area contributed by atoms with Crippen LogP contribution >= 0.6 is 0 Å². The molecule has 0 aromatic carbocycles. The van der Waals surface area contributed by atoms with Crippen LogP contribution in [0.4, 0.5) is 0 Å². The molecule has 0 saturated heterocycles. The molecular weight excluding hydrogens is 250 g/mol. The molecule has 0 rings (SSSR count). The fraction of sp³-hybridized carbons (Fsp3) is 0.938. The normalized spacial score (nSPS) is 13.6. The first kappa shape index (κ1) is 19.4. The Morgan fingerprint density at radius 2 is 1.80 bits per heavy atom. The van der Waals surface area contributed by atoms with Crippen LogP contribution in [0.5, 0.6) is 0 Å². The van der Waals surface area contributed by atoms with Crippen molar-refractivity contribution in [2.24, 2.45) is 17.1 Å². The summed E-state index contributed by atoms with van der Waals surface area (Å²) in [6.45, 7) is 15.4. The summed E-state index contributed by atoms with van der Waals surface area (Å²) in [5.74, 6) is 0.685. The summed E-state index contributed by atoms with van der Waals surface area (Å²) in [5, 5.41) is 3.02. The van der Waals surface area contributed by atoms with Gasteiger partial charge in [-0.25, -0.2) is 0 Å². The van der Waals surface area contributed by atoms with Crippen molar-refractivity contribution in [3.05, 3.63) is 0 Å². The van der Waals surface area contributed by atoms with E-state index in [2.05, 4.69) is 44.8 Å². The highest BCUT2D eigenvalue weighted by Crippen LogP contribution is 2.31. The Labute approximate surface area is 125 Å². The molecule has 4 nitrogen and oxygen atoms in total. The van der Waals surface area contributed by atoms with Gasteiger partial charge in [0.15, 0.2) is 0 Å². The van der Waals surface area contributed by atoms with Crippen molar-refractivity contribution < 1.29 is 4.79 Å². The van der Waals surface area contributed by atoms with Crippen LogP contribution in [0.25, 0.3) is 0 Å². The summed E-state index contributed by atoms with van der Waals surface area (Å²) < 4.78 is 0. The molecule has 0 aromatic rings. The third-order valence-corrected chi connectivity index (χ3v) is 4.10. The molecular formula is C16H35N3O. The highest BCUT2D eigenvalue weighted by molar-refractivity contribution is 5.75. The van der Waals surface area contributed by atoms with Crippen molar-refractivity contribution in [2.75, 3.05) is 32.7 Å². The lowest BCUT2D eigenvalue weighted by atomic mass is 9.76. The van der Waals surface area contributed by atoms with Crippen molar-refractivity contribution in [1.29, 1.82) is 0 Å². The van der Waals surface area contributed by atoms with Gasteiger partial charge in [-0.05, 0) is 43.8 Å². The van der Waals surface area contributed by atoms with Crippen LogP contribution in [0.15, 0.2) is 0 Å². The Kier molecular flexibility index (Phi) is 9.86. The number of likely N-dealkylation sites (N-methyl/N-ethyl adjacent to an activating group) is 1. The summed E-state index contributed by atoms with van der Waals surface area (Å²) in [6, 6.07) is 0. The maximum absolute atomic E-state index is 11.9.